The lowest BCUT2D eigenvalue weighted by Gasteiger charge is -2.19. The summed E-state index contributed by atoms with van der Waals surface area (Å²) in [6, 6.07) is 24.2. The van der Waals surface area contributed by atoms with Gasteiger partial charge in [0, 0.05) is 30.1 Å². The number of carboxylic acids is 1. The average molecular weight is 625 g/mol. The Labute approximate surface area is 266 Å². The molecule has 238 valence electrons. The predicted molar refractivity (Wildman–Crippen MR) is 173 cm³/mol. The molecule has 1 aliphatic rings. The van der Waals surface area contributed by atoms with E-state index in [1.165, 1.54) is 0 Å². The Morgan fingerprint density at radius 2 is 1.65 bits per heavy atom. The summed E-state index contributed by atoms with van der Waals surface area (Å²) in [6.45, 7) is 6.24. The fourth-order valence-corrected chi connectivity index (χ4v) is 4.56. The van der Waals surface area contributed by atoms with Gasteiger partial charge in [0.05, 0.1) is 22.7 Å². The topological polar surface area (TPSA) is 170 Å². The van der Waals surface area contributed by atoms with E-state index in [2.05, 4.69) is 15.3 Å². The number of carbonyl (C=O) groups is 4. The van der Waals surface area contributed by atoms with Crippen molar-refractivity contribution in [3.63, 3.8) is 0 Å². The first-order valence-electron chi connectivity index (χ1n) is 14.7. The first kappa shape index (κ1) is 33.3. The van der Waals surface area contributed by atoms with Crippen LogP contribution in [0.3, 0.4) is 0 Å². The molecule has 0 spiro atoms. The summed E-state index contributed by atoms with van der Waals surface area (Å²) in [5.41, 5.74) is 9.33. The summed E-state index contributed by atoms with van der Waals surface area (Å²) in [5.74, 6) is -1.77. The number of alkyl carbamates (subject to hydrolysis) is 1. The van der Waals surface area contributed by atoms with Gasteiger partial charge in [0.25, 0.3) is 5.91 Å². The lowest BCUT2D eigenvalue weighted by molar-refractivity contribution is -0.137. The number of nitrogens with two attached hydrogens (primary N) is 1. The molecule has 3 amide bonds. The number of hydrogen-bond donors (Lipinski definition) is 3. The van der Waals surface area contributed by atoms with Crippen LogP contribution in [0.4, 0.5) is 4.79 Å². The van der Waals surface area contributed by atoms with Crippen molar-refractivity contribution < 1.29 is 33.8 Å². The number of pyridine rings is 1. The maximum absolute atomic E-state index is 11.7. The Hall–Kier alpha value is -5.58. The van der Waals surface area contributed by atoms with E-state index in [-0.39, 0.29) is 18.7 Å². The van der Waals surface area contributed by atoms with Crippen LogP contribution in [-0.4, -0.2) is 45.8 Å². The van der Waals surface area contributed by atoms with Crippen LogP contribution in [0.5, 0.6) is 5.75 Å². The quantitative estimate of drug-likeness (QED) is 0.207. The van der Waals surface area contributed by atoms with Gasteiger partial charge in [-0.05, 0) is 62.6 Å². The molecule has 46 heavy (non-hydrogen) atoms. The van der Waals surface area contributed by atoms with E-state index < -0.39 is 29.5 Å². The summed E-state index contributed by atoms with van der Waals surface area (Å²) in [6.07, 6.45) is 1.15. The van der Waals surface area contributed by atoms with Crippen LogP contribution in [0.25, 0.3) is 10.9 Å². The number of aliphatic carboxylic acids is 1. The molecule has 1 atom stereocenters. The van der Waals surface area contributed by atoms with Crippen molar-refractivity contribution in [2.75, 3.05) is 0 Å². The van der Waals surface area contributed by atoms with Crippen molar-refractivity contribution in [3.8, 4) is 5.75 Å². The van der Waals surface area contributed by atoms with E-state index in [1.807, 2.05) is 81.4 Å². The lowest BCUT2D eigenvalue weighted by atomic mass is 9.97. The van der Waals surface area contributed by atoms with Crippen LogP contribution in [0.1, 0.15) is 72.3 Å². The number of nitrogens with one attached hydrogen (secondary N) is 1. The van der Waals surface area contributed by atoms with E-state index in [0.29, 0.717) is 30.2 Å². The molecule has 3 aromatic carbocycles. The van der Waals surface area contributed by atoms with Crippen molar-refractivity contribution in [2.45, 2.75) is 58.3 Å². The first-order chi connectivity index (χ1) is 21.9. The van der Waals surface area contributed by atoms with Gasteiger partial charge >= 0.3 is 12.1 Å². The number of hydrogen-bond acceptors (Lipinski definition) is 7. The average Bonchev–Trinajstić information content (AvgIpc) is 3.40. The third kappa shape index (κ3) is 9.46. The summed E-state index contributed by atoms with van der Waals surface area (Å²) < 4.78 is 11.1. The number of rotatable bonds is 10. The number of fused-ring (bicyclic) bond motifs is 2. The molecular weight excluding hydrogens is 588 g/mol. The monoisotopic (exact) mass is 624 g/mol. The fraction of sp³-hybridized carbons (Fsp3) is 0.257. The summed E-state index contributed by atoms with van der Waals surface area (Å²) in [7, 11) is 0. The largest absolute Gasteiger partial charge is 0.488 e. The Bertz CT molecular complexity index is 1760. The molecule has 4 N–H and O–H groups in total. The number of primary amides is 1. The maximum atomic E-state index is 11.7. The Balaban J connectivity index is 0.000000222. The van der Waals surface area contributed by atoms with Gasteiger partial charge in [0.1, 0.15) is 18.0 Å². The second-order valence-electron chi connectivity index (χ2n) is 11.6. The Kier molecular flexibility index (Phi) is 10.8. The highest BCUT2D eigenvalue weighted by molar-refractivity contribution is 6.14. The van der Waals surface area contributed by atoms with Gasteiger partial charge in [-0.2, -0.15) is 0 Å². The normalized spacial score (nSPS) is 12.5. The van der Waals surface area contributed by atoms with Gasteiger partial charge in [-0.3, -0.25) is 19.4 Å². The van der Waals surface area contributed by atoms with Gasteiger partial charge in [-0.1, -0.05) is 54.6 Å². The molecule has 1 aliphatic heterocycles. The zero-order chi connectivity index (χ0) is 33.3. The summed E-state index contributed by atoms with van der Waals surface area (Å²) >= 11 is 0. The lowest BCUT2D eigenvalue weighted by Crippen LogP contribution is -2.32. The number of benzene rings is 3. The zero-order valence-electron chi connectivity index (χ0n) is 25.9. The maximum Gasteiger partial charge on any atom is 0.407 e. The minimum atomic E-state index is -0.952. The van der Waals surface area contributed by atoms with Gasteiger partial charge in [0.2, 0.25) is 5.91 Å². The smallest absolute Gasteiger partial charge is 0.407 e. The Morgan fingerprint density at radius 3 is 2.35 bits per heavy atom. The minimum Gasteiger partial charge on any atom is -0.488 e. The molecule has 1 aromatic heterocycles. The van der Waals surface area contributed by atoms with Gasteiger partial charge in [0.15, 0.2) is 0 Å². The van der Waals surface area contributed by atoms with Gasteiger partial charge in [-0.25, -0.2) is 9.79 Å². The summed E-state index contributed by atoms with van der Waals surface area (Å²) in [5, 5.41) is 12.4. The number of nitrogens with zero attached hydrogens (tertiary/aromatic N) is 2. The molecule has 1 unspecified atom stereocenters. The second-order valence-corrected chi connectivity index (χ2v) is 11.6. The highest BCUT2D eigenvalue weighted by atomic mass is 16.6. The third-order valence-corrected chi connectivity index (χ3v) is 6.83. The highest BCUT2D eigenvalue weighted by Gasteiger charge is 2.21. The van der Waals surface area contributed by atoms with E-state index >= 15 is 0 Å². The third-order valence-electron chi connectivity index (χ3n) is 6.83. The summed E-state index contributed by atoms with van der Waals surface area (Å²) in [4.78, 5) is 53.5. The van der Waals surface area contributed by atoms with Gasteiger partial charge < -0.3 is 25.6 Å². The van der Waals surface area contributed by atoms with Crippen LogP contribution in [0, 0.1) is 0 Å². The highest BCUT2D eigenvalue weighted by Crippen LogP contribution is 2.26. The standard InChI is InChI=1S/C21H22N2O4.C14H14N2O3/c1-21(2,3)27-20(25)23-11-14-7-9-15(10-8-14)13-26-18-6-4-5-16-17(18)12-22-19(16)24;15-14(19)10(6-8-13(17)18)12-7-5-9-3-1-2-4-11(9)16-12/h4-10,12H,11,13H2,1-3H3,(H,23,25);1-5,7,10H,6,8H2,(H2,15,19)(H,17,18). The van der Waals surface area contributed by atoms with Crippen LogP contribution in [0.15, 0.2) is 83.9 Å². The number of para-hydroxylation sites is 1. The molecule has 0 bridgehead atoms. The molecule has 0 radical (unpaired) electrons. The van der Waals surface area contributed by atoms with Gasteiger partial charge in [-0.15, -0.1) is 0 Å². The van der Waals surface area contributed by atoms with Crippen LogP contribution < -0.4 is 15.8 Å². The number of aliphatic imine (C=N–C) groups is 1. The predicted octanol–water partition coefficient (Wildman–Crippen LogP) is 5.53. The van der Waals surface area contributed by atoms with E-state index in [9.17, 15) is 19.2 Å². The molecule has 0 saturated heterocycles. The first-order valence-corrected chi connectivity index (χ1v) is 14.7. The molecule has 5 rings (SSSR count). The van der Waals surface area contributed by atoms with Crippen LogP contribution in [-0.2, 0) is 27.5 Å². The van der Waals surface area contributed by atoms with E-state index in [1.54, 1.807) is 24.4 Å². The molecule has 11 heteroatoms. The molecule has 11 nitrogen and oxygen atoms in total. The second kappa shape index (κ2) is 14.9. The molecule has 2 heterocycles. The van der Waals surface area contributed by atoms with Crippen molar-refractivity contribution >= 4 is 41.0 Å². The van der Waals surface area contributed by atoms with Crippen molar-refractivity contribution in [1.29, 1.82) is 0 Å². The fourth-order valence-electron chi connectivity index (χ4n) is 4.56. The van der Waals surface area contributed by atoms with Crippen LogP contribution in [0.2, 0.25) is 0 Å². The van der Waals surface area contributed by atoms with Crippen LogP contribution >= 0.6 is 0 Å². The number of aromatic nitrogens is 1. The molecule has 0 saturated carbocycles. The molecule has 4 aromatic rings. The Morgan fingerprint density at radius 1 is 0.935 bits per heavy atom. The number of amides is 3. The number of ether oxygens (including phenoxy) is 2. The van der Waals surface area contributed by atoms with Crippen molar-refractivity contribution in [3.05, 3.63) is 107 Å². The SMILES string of the molecule is CC(C)(C)OC(=O)NCc1ccc(COc2cccc3c2C=NC3=O)cc1.NC(=O)C(CCC(=O)O)c1ccc2ccccc2n1. The van der Waals surface area contributed by atoms with E-state index in [4.69, 9.17) is 20.3 Å². The number of carbonyl (C=O) groups excluding carboxylic acids is 3. The van der Waals surface area contributed by atoms with Crippen molar-refractivity contribution in [1.82, 2.24) is 10.3 Å². The molecular formula is C35H36N4O7. The molecule has 0 aliphatic carbocycles. The van der Waals surface area contributed by atoms with Crippen molar-refractivity contribution in [2.24, 2.45) is 10.7 Å². The number of carboxylic acid groups (broad SMARTS) is 1. The van der Waals surface area contributed by atoms with E-state index in [0.717, 1.165) is 27.6 Å². The minimum absolute atomic E-state index is 0.109. The zero-order valence-corrected chi connectivity index (χ0v) is 25.9. The molecule has 0 fully saturated rings.